The number of para-hydroxylation sites is 2. The predicted octanol–water partition coefficient (Wildman–Crippen LogP) is 4.77. The lowest BCUT2D eigenvalue weighted by Gasteiger charge is -2.19. The largest absolute Gasteiger partial charge is 0.457 e. The Balaban J connectivity index is 1.53. The molecular weight excluding hydrogens is 404 g/mol. The zero-order valence-corrected chi connectivity index (χ0v) is 17.2. The van der Waals surface area contributed by atoms with Crippen LogP contribution in [0.4, 0.5) is 10.5 Å². The van der Waals surface area contributed by atoms with Crippen LogP contribution in [-0.4, -0.2) is 16.9 Å². The number of anilines is 1. The lowest BCUT2D eigenvalue weighted by atomic mass is 10.0. The molecule has 0 saturated heterocycles. The SMILES string of the molecule is NC(=O)NC(CC(=O)Nc1cccc2cccnc12)c1cccc(Oc2ccccc2)c1. The van der Waals surface area contributed by atoms with Gasteiger partial charge in [0.25, 0.3) is 0 Å². The molecule has 160 valence electrons. The molecule has 4 rings (SSSR count). The van der Waals surface area contributed by atoms with Crippen LogP contribution < -0.4 is 21.1 Å². The van der Waals surface area contributed by atoms with Crippen molar-refractivity contribution in [2.45, 2.75) is 12.5 Å². The van der Waals surface area contributed by atoms with Crippen LogP contribution in [-0.2, 0) is 4.79 Å². The molecule has 1 heterocycles. The average molecular weight is 426 g/mol. The molecule has 0 aliphatic carbocycles. The summed E-state index contributed by atoms with van der Waals surface area (Å²) >= 11 is 0. The van der Waals surface area contributed by atoms with Crippen LogP contribution in [0.15, 0.2) is 91.1 Å². The van der Waals surface area contributed by atoms with Gasteiger partial charge in [-0.25, -0.2) is 4.79 Å². The molecule has 1 unspecified atom stereocenters. The van der Waals surface area contributed by atoms with Crippen molar-refractivity contribution in [2.24, 2.45) is 5.73 Å². The number of amides is 3. The van der Waals surface area contributed by atoms with E-state index in [1.54, 1.807) is 30.5 Å². The molecule has 0 aliphatic heterocycles. The minimum atomic E-state index is -0.719. The number of hydrogen-bond donors (Lipinski definition) is 3. The van der Waals surface area contributed by atoms with Gasteiger partial charge in [-0.2, -0.15) is 0 Å². The molecule has 1 atom stereocenters. The van der Waals surface area contributed by atoms with Crippen molar-refractivity contribution < 1.29 is 14.3 Å². The van der Waals surface area contributed by atoms with Crippen molar-refractivity contribution in [1.29, 1.82) is 0 Å². The molecule has 4 aromatic rings. The van der Waals surface area contributed by atoms with Crippen molar-refractivity contribution in [3.8, 4) is 11.5 Å². The second kappa shape index (κ2) is 9.61. The number of aromatic nitrogens is 1. The van der Waals surface area contributed by atoms with Crippen molar-refractivity contribution in [3.63, 3.8) is 0 Å². The summed E-state index contributed by atoms with van der Waals surface area (Å²) in [5.41, 5.74) is 7.37. The molecule has 0 saturated carbocycles. The first-order valence-corrected chi connectivity index (χ1v) is 10.1. The van der Waals surface area contributed by atoms with Crippen molar-refractivity contribution in [1.82, 2.24) is 10.3 Å². The number of ether oxygens (including phenoxy) is 1. The van der Waals surface area contributed by atoms with Crippen molar-refractivity contribution >= 4 is 28.5 Å². The minimum absolute atomic E-state index is 0.0129. The second-order valence-corrected chi connectivity index (χ2v) is 7.18. The maximum absolute atomic E-state index is 12.8. The predicted molar refractivity (Wildman–Crippen MR) is 123 cm³/mol. The van der Waals surface area contributed by atoms with Gasteiger partial charge in [-0.3, -0.25) is 9.78 Å². The number of primary amides is 1. The van der Waals surface area contributed by atoms with Crippen molar-refractivity contribution in [2.75, 3.05) is 5.32 Å². The van der Waals surface area contributed by atoms with Gasteiger partial charge in [0.05, 0.1) is 23.7 Å². The average Bonchev–Trinajstić information content (AvgIpc) is 2.79. The van der Waals surface area contributed by atoms with E-state index < -0.39 is 12.1 Å². The number of nitrogens with two attached hydrogens (primary N) is 1. The van der Waals surface area contributed by atoms with Gasteiger partial charge in [-0.15, -0.1) is 0 Å². The summed E-state index contributed by atoms with van der Waals surface area (Å²) < 4.78 is 5.87. The highest BCUT2D eigenvalue weighted by Gasteiger charge is 2.19. The molecule has 7 nitrogen and oxygen atoms in total. The summed E-state index contributed by atoms with van der Waals surface area (Å²) in [4.78, 5) is 28.8. The highest BCUT2D eigenvalue weighted by atomic mass is 16.5. The van der Waals surface area contributed by atoms with E-state index in [1.165, 1.54) is 0 Å². The Kier molecular flexibility index (Phi) is 6.27. The van der Waals surface area contributed by atoms with Crippen LogP contribution in [0.25, 0.3) is 10.9 Å². The normalized spacial score (nSPS) is 11.5. The molecule has 1 aromatic heterocycles. The number of benzene rings is 3. The summed E-state index contributed by atoms with van der Waals surface area (Å²) in [5.74, 6) is 0.991. The van der Waals surface area contributed by atoms with E-state index in [2.05, 4.69) is 15.6 Å². The highest BCUT2D eigenvalue weighted by Crippen LogP contribution is 2.27. The number of pyridine rings is 1. The Morgan fingerprint density at radius 1 is 0.906 bits per heavy atom. The molecular formula is C25H22N4O3. The molecule has 4 N–H and O–H groups in total. The third kappa shape index (κ3) is 5.20. The molecule has 0 aliphatic rings. The second-order valence-electron chi connectivity index (χ2n) is 7.18. The fourth-order valence-corrected chi connectivity index (χ4v) is 3.44. The zero-order chi connectivity index (χ0) is 22.3. The Labute approximate surface area is 185 Å². The molecule has 32 heavy (non-hydrogen) atoms. The van der Waals surface area contributed by atoms with Crippen LogP contribution in [0.3, 0.4) is 0 Å². The smallest absolute Gasteiger partial charge is 0.312 e. The standard InChI is InChI=1S/C25H22N4O3/c26-25(31)29-22(18-8-4-12-20(15-18)32-19-10-2-1-3-11-19)16-23(30)28-21-13-5-7-17-9-6-14-27-24(17)21/h1-15,22H,16H2,(H,28,30)(H3,26,29,31). The molecule has 3 aromatic carbocycles. The maximum atomic E-state index is 12.8. The Morgan fingerprint density at radius 2 is 1.66 bits per heavy atom. The van der Waals surface area contributed by atoms with Gasteiger partial charge in [-0.1, -0.05) is 48.5 Å². The summed E-state index contributed by atoms with van der Waals surface area (Å²) in [6.45, 7) is 0. The van der Waals surface area contributed by atoms with Gasteiger partial charge in [0, 0.05) is 11.6 Å². The maximum Gasteiger partial charge on any atom is 0.312 e. The monoisotopic (exact) mass is 426 g/mol. The highest BCUT2D eigenvalue weighted by molar-refractivity contribution is 6.00. The van der Waals surface area contributed by atoms with Crippen molar-refractivity contribution in [3.05, 3.63) is 96.7 Å². The molecule has 0 bridgehead atoms. The third-order valence-electron chi connectivity index (χ3n) is 4.85. The first-order valence-electron chi connectivity index (χ1n) is 10.1. The van der Waals surface area contributed by atoms with Gasteiger partial charge >= 0.3 is 6.03 Å². The number of rotatable bonds is 7. The molecule has 0 radical (unpaired) electrons. The van der Waals surface area contributed by atoms with Crippen LogP contribution in [0.2, 0.25) is 0 Å². The van der Waals surface area contributed by atoms with Crippen LogP contribution >= 0.6 is 0 Å². The van der Waals surface area contributed by atoms with E-state index in [0.717, 1.165) is 5.39 Å². The van der Waals surface area contributed by atoms with E-state index >= 15 is 0 Å². The number of fused-ring (bicyclic) bond motifs is 1. The topological polar surface area (TPSA) is 106 Å². The number of carbonyl (C=O) groups excluding carboxylic acids is 2. The van der Waals surface area contributed by atoms with Crippen LogP contribution in [0, 0.1) is 0 Å². The molecule has 0 fully saturated rings. The van der Waals surface area contributed by atoms with E-state index in [4.69, 9.17) is 10.5 Å². The summed E-state index contributed by atoms with van der Waals surface area (Å²) in [5, 5.41) is 6.46. The number of nitrogens with one attached hydrogen (secondary N) is 2. The quantitative estimate of drug-likeness (QED) is 0.396. The first-order chi connectivity index (χ1) is 15.6. The van der Waals surface area contributed by atoms with E-state index in [0.29, 0.717) is 28.3 Å². The van der Waals surface area contributed by atoms with Gasteiger partial charge in [0.2, 0.25) is 5.91 Å². The number of nitrogens with zero attached hydrogens (tertiary/aromatic N) is 1. The fourth-order valence-electron chi connectivity index (χ4n) is 3.44. The third-order valence-corrected chi connectivity index (χ3v) is 4.85. The summed E-state index contributed by atoms with van der Waals surface area (Å²) in [6, 6.07) is 24.5. The molecule has 7 heteroatoms. The van der Waals surface area contributed by atoms with E-state index in [9.17, 15) is 9.59 Å². The first kappa shape index (κ1) is 20.9. The number of urea groups is 1. The van der Waals surface area contributed by atoms with E-state index in [1.807, 2.05) is 60.7 Å². The van der Waals surface area contributed by atoms with Gasteiger partial charge in [0.1, 0.15) is 11.5 Å². The lowest BCUT2D eigenvalue weighted by molar-refractivity contribution is -0.116. The Hall–Kier alpha value is -4.39. The fraction of sp³-hybridized carbons (Fsp3) is 0.0800. The minimum Gasteiger partial charge on any atom is -0.457 e. The summed E-state index contributed by atoms with van der Waals surface area (Å²) in [6.07, 6.45) is 1.66. The van der Waals surface area contributed by atoms with Crippen LogP contribution in [0.5, 0.6) is 11.5 Å². The Bertz CT molecular complexity index is 1240. The Morgan fingerprint density at radius 3 is 2.47 bits per heavy atom. The lowest BCUT2D eigenvalue weighted by Crippen LogP contribution is -2.35. The number of hydrogen-bond acceptors (Lipinski definition) is 4. The van der Waals surface area contributed by atoms with E-state index in [-0.39, 0.29) is 12.3 Å². The van der Waals surface area contributed by atoms with Gasteiger partial charge < -0.3 is 21.1 Å². The molecule has 0 spiro atoms. The van der Waals surface area contributed by atoms with Gasteiger partial charge in [0.15, 0.2) is 0 Å². The summed E-state index contributed by atoms with van der Waals surface area (Å²) in [7, 11) is 0. The zero-order valence-electron chi connectivity index (χ0n) is 17.2. The van der Waals surface area contributed by atoms with Crippen LogP contribution in [0.1, 0.15) is 18.0 Å². The number of carbonyl (C=O) groups is 2. The molecule has 3 amide bonds. The van der Waals surface area contributed by atoms with Gasteiger partial charge in [-0.05, 0) is 42.0 Å².